The molecule has 0 radical (unpaired) electrons. The summed E-state index contributed by atoms with van der Waals surface area (Å²) < 4.78 is 0. The molecule has 4 nitrogen and oxygen atoms in total. The maximum absolute atomic E-state index is 10.5. The Balaban J connectivity index is 2.28. The second-order valence-corrected chi connectivity index (χ2v) is 3.71. The molecule has 0 saturated carbocycles. The molecule has 2 N–H and O–H groups in total. The zero-order chi connectivity index (χ0) is 9.68. The zero-order valence-electron chi connectivity index (χ0n) is 8.25. The number of nitrogens with one attached hydrogen (secondary N) is 1. The quantitative estimate of drug-likeness (QED) is 0.595. The van der Waals surface area contributed by atoms with E-state index in [2.05, 4.69) is 6.92 Å². The largest absolute Gasteiger partial charge is 0.480 e. The summed E-state index contributed by atoms with van der Waals surface area (Å²) in [6.07, 6.45) is 2.30. The SMILES string of the molecule is CCC[NH+]1CCCN(CC(=O)O)C1. The molecule has 1 saturated heterocycles. The molecule has 1 atom stereocenters. The number of carboxylic acids is 1. The van der Waals surface area contributed by atoms with Crippen molar-refractivity contribution in [2.75, 3.05) is 32.8 Å². The molecular weight excluding hydrogens is 168 g/mol. The smallest absolute Gasteiger partial charge is 0.317 e. The minimum atomic E-state index is -0.710. The minimum Gasteiger partial charge on any atom is -0.480 e. The standard InChI is InChI=1S/C9H18N2O2/c1-2-4-10-5-3-6-11(8-10)7-9(12)13/h2-8H2,1H3,(H,12,13)/p+1. The lowest BCUT2D eigenvalue weighted by Crippen LogP contribution is -3.14. The predicted molar refractivity (Wildman–Crippen MR) is 49.7 cm³/mol. The van der Waals surface area contributed by atoms with Crippen molar-refractivity contribution < 1.29 is 14.8 Å². The summed E-state index contributed by atoms with van der Waals surface area (Å²) in [7, 11) is 0. The second-order valence-electron chi connectivity index (χ2n) is 3.71. The number of quaternary nitrogens is 1. The Labute approximate surface area is 79.1 Å². The molecule has 1 heterocycles. The number of hydrogen-bond donors (Lipinski definition) is 2. The van der Waals surface area contributed by atoms with Crippen molar-refractivity contribution >= 4 is 5.97 Å². The van der Waals surface area contributed by atoms with E-state index in [1.165, 1.54) is 17.9 Å². The highest BCUT2D eigenvalue weighted by Gasteiger charge is 2.20. The minimum absolute atomic E-state index is 0.202. The Morgan fingerprint density at radius 2 is 2.38 bits per heavy atom. The molecule has 0 bridgehead atoms. The Kier molecular flexibility index (Phi) is 4.18. The molecular formula is C9H19N2O2+. The summed E-state index contributed by atoms with van der Waals surface area (Å²) in [5, 5.41) is 8.63. The van der Waals surface area contributed by atoms with E-state index in [9.17, 15) is 4.79 Å². The van der Waals surface area contributed by atoms with Gasteiger partial charge in [-0.15, -0.1) is 0 Å². The van der Waals surface area contributed by atoms with E-state index in [4.69, 9.17) is 5.11 Å². The van der Waals surface area contributed by atoms with Crippen molar-refractivity contribution in [1.82, 2.24) is 4.90 Å². The lowest BCUT2D eigenvalue weighted by atomic mass is 10.3. The van der Waals surface area contributed by atoms with Crippen LogP contribution in [0.25, 0.3) is 0 Å². The van der Waals surface area contributed by atoms with Crippen LogP contribution in [0.4, 0.5) is 0 Å². The van der Waals surface area contributed by atoms with Crippen LogP contribution in [-0.4, -0.2) is 48.8 Å². The molecule has 13 heavy (non-hydrogen) atoms. The number of carboxylic acid groups (broad SMARTS) is 1. The summed E-state index contributed by atoms with van der Waals surface area (Å²) in [5.41, 5.74) is 0. The molecule has 1 fully saturated rings. The van der Waals surface area contributed by atoms with Crippen molar-refractivity contribution in [3.05, 3.63) is 0 Å². The van der Waals surface area contributed by atoms with Crippen molar-refractivity contribution in [3.63, 3.8) is 0 Å². The van der Waals surface area contributed by atoms with Gasteiger partial charge in [0.05, 0.1) is 13.1 Å². The van der Waals surface area contributed by atoms with Crippen molar-refractivity contribution in [2.45, 2.75) is 19.8 Å². The summed E-state index contributed by atoms with van der Waals surface area (Å²) in [6.45, 7) is 6.58. The van der Waals surface area contributed by atoms with Gasteiger partial charge in [0, 0.05) is 13.0 Å². The maximum Gasteiger partial charge on any atom is 0.317 e. The van der Waals surface area contributed by atoms with Crippen LogP contribution in [-0.2, 0) is 4.79 Å². The molecule has 0 amide bonds. The Bertz CT molecular complexity index is 171. The normalized spacial score (nSPS) is 24.5. The average molecular weight is 187 g/mol. The van der Waals surface area contributed by atoms with Crippen LogP contribution in [0.5, 0.6) is 0 Å². The fraction of sp³-hybridized carbons (Fsp3) is 0.889. The lowest BCUT2D eigenvalue weighted by molar-refractivity contribution is -0.916. The van der Waals surface area contributed by atoms with Gasteiger partial charge in [0.1, 0.15) is 13.2 Å². The highest BCUT2D eigenvalue weighted by Crippen LogP contribution is 1.91. The van der Waals surface area contributed by atoms with Gasteiger partial charge in [0.25, 0.3) is 0 Å². The highest BCUT2D eigenvalue weighted by molar-refractivity contribution is 5.69. The van der Waals surface area contributed by atoms with Crippen molar-refractivity contribution in [3.8, 4) is 0 Å². The third kappa shape index (κ3) is 3.74. The first kappa shape index (κ1) is 10.5. The van der Waals surface area contributed by atoms with E-state index in [-0.39, 0.29) is 6.54 Å². The number of aliphatic carboxylic acids is 1. The fourth-order valence-electron chi connectivity index (χ4n) is 1.91. The van der Waals surface area contributed by atoms with Gasteiger partial charge in [0.2, 0.25) is 0 Å². The number of carbonyl (C=O) groups is 1. The van der Waals surface area contributed by atoms with E-state index in [1.807, 2.05) is 4.90 Å². The third-order valence-corrected chi connectivity index (χ3v) is 2.41. The molecule has 4 heteroatoms. The fourth-order valence-corrected chi connectivity index (χ4v) is 1.91. The first-order valence-electron chi connectivity index (χ1n) is 5.00. The van der Waals surface area contributed by atoms with Crippen LogP contribution in [0.3, 0.4) is 0 Å². The maximum atomic E-state index is 10.5. The van der Waals surface area contributed by atoms with E-state index in [0.717, 1.165) is 26.2 Å². The molecule has 0 aromatic carbocycles. The van der Waals surface area contributed by atoms with Crippen LogP contribution in [0.1, 0.15) is 19.8 Å². The van der Waals surface area contributed by atoms with Gasteiger partial charge in [-0.05, 0) is 6.42 Å². The predicted octanol–water partition coefficient (Wildman–Crippen LogP) is -0.971. The molecule has 0 spiro atoms. The van der Waals surface area contributed by atoms with Crippen molar-refractivity contribution in [1.29, 1.82) is 0 Å². The molecule has 1 aliphatic rings. The van der Waals surface area contributed by atoms with Gasteiger partial charge in [-0.3, -0.25) is 4.79 Å². The van der Waals surface area contributed by atoms with Crippen LogP contribution in [0, 0.1) is 0 Å². The topological polar surface area (TPSA) is 45.0 Å². The first-order chi connectivity index (χ1) is 6.22. The van der Waals surface area contributed by atoms with Gasteiger partial charge in [-0.1, -0.05) is 6.92 Å². The van der Waals surface area contributed by atoms with Crippen LogP contribution in [0.2, 0.25) is 0 Å². The summed E-state index contributed by atoms with van der Waals surface area (Å²) >= 11 is 0. The molecule has 76 valence electrons. The van der Waals surface area contributed by atoms with Gasteiger partial charge >= 0.3 is 5.97 Å². The molecule has 0 aromatic heterocycles. The molecule has 0 aromatic rings. The highest BCUT2D eigenvalue weighted by atomic mass is 16.4. The van der Waals surface area contributed by atoms with Crippen LogP contribution in [0.15, 0.2) is 0 Å². The number of nitrogens with zero attached hydrogens (tertiary/aromatic N) is 1. The van der Waals surface area contributed by atoms with Gasteiger partial charge < -0.3 is 10.0 Å². The summed E-state index contributed by atoms with van der Waals surface area (Å²) in [4.78, 5) is 14.0. The molecule has 1 aliphatic heterocycles. The van der Waals surface area contributed by atoms with Gasteiger partial charge in [0.15, 0.2) is 0 Å². The molecule has 1 rings (SSSR count). The average Bonchev–Trinajstić information content (AvgIpc) is 2.04. The van der Waals surface area contributed by atoms with E-state index < -0.39 is 5.97 Å². The molecule has 1 unspecified atom stereocenters. The second kappa shape index (κ2) is 5.19. The van der Waals surface area contributed by atoms with E-state index in [1.54, 1.807) is 0 Å². The van der Waals surface area contributed by atoms with E-state index >= 15 is 0 Å². The molecule has 0 aliphatic carbocycles. The van der Waals surface area contributed by atoms with Gasteiger partial charge in [-0.25, -0.2) is 4.90 Å². The Hall–Kier alpha value is -0.610. The Morgan fingerprint density at radius 1 is 1.62 bits per heavy atom. The zero-order valence-corrected chi connectivity index (χ0v) is 8.25. The van der Waals surface area contributed by atoms with Crippen LogP contribution >= 0.6 is 0 Å². The monoisotopic (exact) mass is 187 g/mol. The lowest BCUT2D eigenvalue weighted by Gasteiger charge is -2.31. The number of rotatable bonds is 4. The first-order valence-corrected chi connectivity index (χ1v) is 5.00. The summed E-state index contributed by atoms with van der Waals surface area (Å²) in [5.74, 6) is -0.710. The summed E-state index contributed by atoms with van der Waals surface area (Å²) in [6, 6.07) is 0. The van der Waals surface area contributed by atoms with E-state index in [0.29, 0.717) is 0 Å². The van der Waals surface area contributed by atoms with Gasteiger partial charge in [-0.2, -0.15) is 0 Å². The van der Waals surface area contributed by atoms with Crippen LogP contribution < -0.4 is 4.90 Å². The third-order valence-electron chi connectivity index (χ3n) is 2.41. The Morgan fingerprint density at radius 3 is 3.00 bits per heavy atom. The number of hydrogen-bond acceptors (Lipinski definition) is 2. The van der Waals surface area contributed by atoms with Crippen molar-refractivity contribution in [2.24, 2.45) is 0 Å².